The molecule has 0 radical (unpaired) electrons. The van der Waals surface area contributed by atoms with Crippen LogP contribution in [0.4, 0.5) is 0 Å². The fourth-order valence-corrected chi connectivity index (χ4v) is 2.53. The van der Waals surface area contributed by atoms with E-state index in [1.165, 1.54) is 6.20 Å². The maximum atomic E-state index is 12.1. The summed E-state index contributed by atoms with van der Waals surface area (Å²) >= 11 is 0. The van der Waals surface area contributed by atoms with Crippen LogP contribution in [0.15, 0.2) is 36.5 Å². The Labute approximate surface area is 140 Å². The van der Waals surface area contributed by atoms with Crippen LogP contribution in [0.5, 0.6) is 5.75 Å². The predicted molar refractivity (Wildman–Crippen MR) is 90.3 cm³/mol. The molecule has 0 unspecified atom stereocenters. The number of carbonyl (C=O) groups is 1. The van der Waals surface area contributed by atoms with Crippen LogP contribution in [0.1, 0.15) is 29.9 Å². The van der Waals surface area contributed by atoms with Gasteiger partial charge < -0.3 is 9.47 Å². The van der Waals surface area contributed by atoms with E-state index in [0.29, 0.717) is 24.4 Å². The molecule has 6 heteroatoms. The first-order valence-corrected chi connectivity index (χ1v) is 7.89. The Bertz CT molecular complexity index is 886. The lowest BCUT2D eigenvalue weighted by Gasteiger charge is -2.08. The second kappa shape index (κ2) is 6.70. The summed E-state index contributed by atoms with van der Waals surface area (Å²) in [6.07, 6.45) is 1.49. The van der Waals surface area contributed by atoms with E-state index < -0.39 is 5.97 Å². The zero-order chi connectivity index (χ0) is 17.1. The fourth-order valence-electron chi connectivity index (χ4n) is 2.53. The van der Waals surface area contributed by atoms with Crippen LogP contribution in [0.25, 0.3) is 16.9 Å². The Morgan fingerprint density at radius 3 is 2.79 bits per heavy atom. The molecule has 3 aromatic rings. The van der Waals surface area contributed by atoms with Crippen molar-refractivity contribution in [1.82, 2.24) is 14.6 Å². The number of ether oxygens (including phenoxy) is 2. The van der Waals surface area contributed by atoms with Crippen LogP contribution in [-0.4, -0.2) is 33.8 Å². The molecule has 0 aliphatic rings. The minimum Gasteiger partial charge on any atom is -0.494 e. The zero-order valence-corrected chi connectivity index (χ0v) is 13.9. The Hall–Kier alpha value is -2.89. The van der Waals surface area contributed by atoms with Crippen LogP contribution in [0, 0.1) is 6.92 Å². The molecule has 0 saturated carbocycles. The number of aryl methyl sites for hydroxylation is 1. The number of aromatic nitrogens is 3. The van der Waals surface area contributed by atoms with Gasteiger partial charge in [-0.25, -0.2) is 14.3 Å². The van der Waals surface area contributed by atoms with Gasteiger partial charge in [-0.05, 0) is 39.0 Å². The summed E-state index contributed by atoms with van der Waals surface area (Å²) in [4.78, 5) is 16.7. The second-order valence-electron chi connectivity index (χ2n) is 5.26. The zero-order valence-electron chi connectivity index (χ0n) is 13.9. The third-order valence-corrected chi connectivity index (χ3v) is 3.59. The number of fused-ring (bicyclic) bond motifs is 1. The van der Waals surface area contributed by atoms with Crippen LogP contribution < -0.4 is 4.74 Å². The average Bonchev–Trinajstić information content (AvgIpc) is 3.00. The third-order valence-electron chi connectivity index (χ3n) is 3.59. The summed E-state index contributed by atoms with van der Waals surface area (Å²) in [5.41, 5.74) is 3.41. The van der Waals surface area contributed by atoms with Crippen LogP contribution in [-0.2, 0) is 4.74 Å². The first-order chi connectivity index (χ1) is 11.6. The lowest BCUT2D eigenvalue weighted by atomic mass is 10.1. The van der Waals surface area contributed by atoms with E-state index in [1.54, 1.807) is 11.4 Å². The molecule has 0 N–H and O–H groups in total. The van der Waals surface area contributed by atoms with E-state index in [2.05, 4.69) is 10.1 Å². The molecule has 0 spiro atoms. The molecular weight excluding hydrogens is 306 g/mol. The lowest BCUT2D eigenvalue weighted by Crippen LogP contribution is -2.06. The Morgan fingerprint density at radius 1 is 1.21 bits per heavy atom. The Balaban J connectivity index is 2.11. The minimum absolute atomic E-state index is 0.311. The van der Waals surface area contributed by atoms with E-state index in [4.69, 9.17) is 9.47 Å². The van der Waals surface area contributed by atoms with Gasteiger partial charge in [-0.2, -0.15) is 5.10 Å². The highest BCUT2D eigenvalue weighted by molar-refractivity contribution is 5.95. The maximum Gasteiger partial charge on any atom is 0.343 e. The molecule has 0 aliphatic carbocycles. The monoisotopic (exact) mass is 325 g/mol. The van der Waals surface area contributed by atoms with Gasteiger partial charge in [0.15, 0.2) is 5.65 Å². The first-order valence-electron chi connectivity index (χ1n) is 7.89. The molecule has 3 rings (SSSR count). The molecule has 2 aromatic heterocycles. The summed E-state index contributed by atoms with van der Waals surface area (Å²) in [6, 6.07) is 9.65. The summed E-state index contributed by atoms with van der Waals surface area (Å²) in [5.74, 6) is 0.369. The molecule has 0 saturated heterocycles. The van der Waals surface area contributed by atoms with Crippen molar-refractivity contribution in [2.75, 3.05) is 13.2 Å². The van der Waals surface area contributed by atoms with E-state index in [0.717, 1.165) is 22.7 Å². The number of hydrogen-bond donors (Lipinski definition) is 0. The first kappa shape index (κ1) is 16.0. The Kier molecular flexibility index (Phi) is 4.46. The van der Waals surface area contributed by atoms with Gasteiger partial charge in [-0.1, -0.05) is 12.1 Å². The van der Waals surface area contributed by atoms with Crippen molar-refractivity contribution in [1.29, 1.82) is 0 Å². The Morgan fingerprint density at radius 2 is 2.04 bits per heavy atom. The van der Waals surface area contributed by atoms with E-state index in [-0.39, 0.29) is 0 Å². The van der Waals surface area contributed by atoms with Crippen molar-refractivity contribution >= 4 is 11.6 Å². The van der Waals surface area contributed by atoms with Crippen molar-refractivity contribution in [2.45, 2.75) is 20.8 Å². The molecule has 124 valence electrons. The van der Waals surface area contributed by atoms with Gasteiger partial charge >= 0.3 is 5.97 Å². The van der Waals surface area contributed by atoms with E-state index in [1.807, 2.05) is 44.2 Å². The molecule has 2 heterocycles. The van der Waals surface area contributed by atoms with Gasteiger partial charge in [0.1, 0.15) is 11.3 Å². The smallest absolute Gasteiger partial charge is 0.343 e. The van der Waals surface area contributed by atoms with Crippen LogP contribution >= 0.6 is 0 Å². The van der Waals surface area contributed by atoms with Crippen LogP contribution in [0.3, 0.4) is 0 Å². The number of benzene rings is 1. The van der Waals surface area contributed by atoms with Crippen LogP contribution in [0.2, 0.25) is 0 Å². The number of hydrogen-bond acceptors (Lipinski definition) is 5. The minimum atomic E-state index is -0.417. The topological polar surface area (TPSA) is 65.7 Å². The number of carbonyl (C=O) groups excluding carboxylic acids is 1. The van der Waals surface area contributed by atoms with Crippen molar-refractivity contribution in [3.8, 4) is 17.0 Å². The normalized spacial score (nSPS) is 10.8. The SMILES string of the molecule is CCOC(=O)c1cnn2c(C)cc(-c3cccc(OCC)c3)nc12. The number of rotatable bonds is 5. The van der Waals surface area contributed by atoms with Gasteiger partial charge in [-0.15, -0.1) is 0 Å². The molecular formula is C18H19N3O3. The van der Waals surface area contributed by atoms with E-state index in [9.17, 15) is 4.79 Å². The molecule has 24 heavy (non-hydrogen) atoms. The standard InChI is InChI=1S/C18H19N3O3/c1-4-23-14-8-6-7-13(10-14)16-9-12(3)21-17(20-16)15(11-19-21)18(22)24-5-2/h6-11H,4-5H2,1-3H3. The summed E-state index contributed by atoms with van der Waals surface area (Å²) in [7, 11) is 0. The number of nitrogens with zero attached hydrogens (tertiary/aromatic N) is 3. The highest BCUT2D eigenvalue weighted by Crippen LogP contribution is 2.25. The fraction of sp³-hybridized carbons (Fsp3) is 0.278. The van der Waals surface area contributed by atoms with Gasteiger partial charge in [0.2, 0.25) is 0 Å². The van der Waals surface area contributed by atoms with Crippen molar-refractivity contribution in [3.05, 3.63) is 47.8 Å². The van der Waals surface area contributed by atoms with Gasteiger partial charge in [0.05, 0.1) is 25.1 Å². The largest absolute Gasteiger partial charge is 0.494 e. The molecule has 0 atom stereocenters. The molecule has 0 aliphatic heterocycles. The molecule has 0 bridgehead atoms. The third kappa shape index (κ3) is 2.95. The van der Waals surface area contributed by atoms with Crippen molar-refractivity contribution < 1.29 is 14.3 Å². The second-order valence-corrected chi connectivity index (χ2v) is 5.26. The lowest BCUT2D eigenvalue weighted by molar-refractivity contribution is 0.0528. The highest BCUT2D eigenvalue weighted by Gasteiger charge is 2.17. The van der Waals surface area contributed by atoms with Crippen molar-refractivity contribution in [2.24, 2.45) is 0 Å². The van der Waals surface area contributed by atoms with E-state index >= 15 is 0 Å². The molecule has 1 aromatic carbocycles. The summed E-state index contributed by atoms with van der Waals surface area (Å²) in [6.45, 7) is 6.55. The predicted octanol–water partition coefficient (Wildman–Crippen LogP) is 3.28. The highest BCUT2D eigenvalue weighted by atomic mass is 16.5. The molecule has 6 nitrogen and oxygen atoms in total. The summed E-state index contributed by atoms with van der Waals surface area (Å²) < 4.78 is 12.3. The quantitative estimate of drug-likeness (QED) is 0.674. The van der Waals surface area contributed by atoms with Gasteiger partial charge in [0.25, 0.3) is 0 Å². The van der Waals surface area contributed by atoms with Gasteiger partial charge in [0, 0.05) is 11.3 Å². The maximum absolute atomic E-state index is 12.1. The number of esters is 1. The summed E-state index contributed by atoms with van der Waals surface area (Å²) in [5, 5.41) is 4.23. The molecule has 0 amide bonds. The van der Waals surface area contributed by atoms with Crippen molar-refractivity contribution in [3.63, 3.8) is 0 Å². The molecule has 0 fully saturated rings. The average molecular weight is 325 g/mol. The van der Waals surface area contributed by atoms with Gasteiger partial charge in [-0.3, -0.25) is 0 Å².